The second-order valence-corrected chi connectivity index (χ2v) is 21.5. The lowest BCUT2D eigenvalue weighted by molar-refractivity contribution is -0.332. The molecule has 11 unspecified atom stereocenters. The minimum atomic E-state index is -1.72. The predicted molar refractivity (Wildman–Crippen MR) is 325 cm³/mol. The molecule has 2 saturated heterocycles. The van der Waals surface area contributed by atoms with E-state index in [4.69, 9.17) is 28.4 Å². The van der Waals surface area contributed by atoms with Crippen LogP contribution in [0.25, 0.3) is 0 Å². The predicted octanol–water partition coefficient (Wildman–Crippen LogP) is 12.3. The molecule has 81 heavy (non-hydrogen) atoms. The minimum absolute atomic E-state index is 0.0484. The van der Waals surface area contributed by atoms with Gasteiger partial charge >= 0.3 is 5.97 Å². The van der Waals surface area contributed by atoms with Crippen LogP contribution in [0.5, 0.6) is 0 Å². The highest BCUT2D eigenvalue weighted by Gasteiger charge is 2.47. The smallest absolute Gasteiger partial charge is 0.306 e. The first-order chi connectivity index (χ1) is 39.6. The maximum Gasteiger partial charge on any atom is 0.306 e. The monoisotopic (exact) mass is 1140 g/mol. The summed E-state index contributed by atoms with van der Waals surface area (Å²) in [5.74, 6) is -0.389. The zero-order valence-corrected chi connectivity index (χ0v) is 50.0. The molecule has 0 amide bonds. The fraction of sp³-hybridized carbons (Fsp3) is 0.716. The van der Waals surface area contributed by atoms with Gasteiger partial charge in [-0.3, -0.25) is 4.79 Å². The highest BCUT2D eigenvalue weighted by molar-refractivity contribution is 5.69. The SMILES string of the molecule is CC/C=C\C/C=C\C/C=C\C/C=C\C/C=C\CCCCCCCCCCCCOCC(COC1OC(COC2OC(CO)C(O)C(O)C2O)C(O)C(O)C1O)OC(=O)CCCCCCCCCC/C=C\C/C=C\C/C=C\C/C=C\CC. The van der Waals surface area contributed by atoms with Crippen molar-refractivity contribution in [2.75, 3.05) is 33.0 Å². The Bertz CT molecular complexity index is 1750. The summed E-state index contributed by atoms with van der Waals surface area (Å²) in [6.07, 6.45) is 55.7. The number of allylic oxidation sites excluding steroid dienone is 18. The van der Waals surface area contributed by atoms with Crippen LogP contribution in [-0.4, -0.2) is 142 Å². The topological polar surface area (TPSA) is 214 Å². The molecule has 14 nitrogen and oxygen atoms in total. The van der Waals surface area contributed by atoms with E-state index >= 15 is 0 Å². The first kappa shape index (κ1) is 73.8. The van der Waals surface area contributed by atoms with E-state index in [1.807, 2.05) is 0 Å². The molecule has 2 aliphatic heterocycles. The van der Waals surface area contributed by atoms with Crippen LogP contribution in [0.2, 0.25) is 0 Å². The largest absolute Gasteiger partial charge is 0.457 e. The fourth-order valence-electron chi connectivity index (χ4n) is 9.30. The number of aliphatic hydroxyl groups excluding tert-OH is 7. The Morgan fingerprint density at radius 2 is 0.765 bits per heavy atom. The number of rotatable bonds is 50. The Morgan fingerprint density at radius 3 is 1.20 bits per heavy atom. The van der Waals surface area contributed by atoms with Crippen LogP contribution in [0.3, 0.4) is 0 Å². The van der Waals surface area contributed by atoms with Crippen LogP contribution < -0.4 is 0 Å². The molecule has 0 spiro atoms. The zero-order chi connectivity index (χ0) is 58.6. The third kappa shape index (κ3) is 38.3. The number of esters is 1. The molecule has 2 fully saturated rings. The molecule has 464 valence electrons. The Hall–Kier alpha value is -3.35. The fourth-order valence-corrected chi connectivity index (χ4v) is 9.30. The summed E-state index contributed by atoms with van der Waals surface area (Å²) >= 11 is 0. The first-order valence-corrected chi connectivity index (χ1v) is 31.5. The van der Waals surface area contributed by atoms with Crippen molar-refractivity contribution in [2.45, 2.75) is 274 Å². The van der Waals surface area contributed by atoms with E-state index < -0.39 is 80.7 Å². The molecule has 0 aliphatic carbocycles. The normalized spacial score (nSPS) is 24.5. The van der Waals surface area contributed by atoms with Gasteiger partial charge in [0.25, 0.3) is 0 Å². The van der Waals surface area contributed by atoms with Gasteiger partial charge in [-0.05, 0) is 96.3 Å². The van der Waals surface area contributed by atoms with Crippen LogP contribution in [-0.2, 0) is 33.2 Å². The number of hydrogen-bond acceptors (Lipinski definition) is 14. The molecule has 0 aromatic heterocycles. The van der Waals surface area contributed by atoms with Gasteiger partial charge in [-0.2, -0.15) is 0 Å². The lowest BCUT2D eigenvalue weighted by atomic mass is 9.98. The average molecular weight is 1140 g/mol. The molecule has 7 N–H and O–H groups in total. The summed E-state index contributed by atoms with van der Waals surface area (Å²) in [6.45, 7) is 3.44. The average Bonchev–Trinajstić information content (AvgIpc) is 3.60. The van der Waals surface area contributed by atoms with E-state index in [9.17, 15) is 40.5 Å². The summed E-state index contributed by atoms with van der Waals surface area (Å²) in [5, 5.41) is 72.5. The molecule has 11 atom stereocenters. The molecule has 14 heteroatoms. The molecule has 0 aromatic carbocycles. The van der Waals surface area contributed by atoms with Gasteiger partial charge in [-0.15, -0.1) is 0 Å². The molecular formula is C67H112O14. The van der Waals surface area contributed by atoms with E-state index in [2.05, 4.69) is 123 Å². The van der Waals surface area contributed by atoms with E-state index in [1.54, 1.807) is 0 Å². The minimum Gasteiger partial charge on any atom is -0.457 e. The van der Waals surface area contributed by atoms with Gasteiger partial charge < -0.3 is 64.2 Å². The molecular weight excluding hydrogens is 1030 g/mol. The van der Waals surface area contributed by atoms with E-state index in [1.165, 1.54) is 70.6 Å². The third-order valence-electron chi connectivity index (χ3n) is 14.3. The molecule has 2 heterocycles. The first-order valence-electron chi connectivity index (χ1n) is 31.5. The van der Waals surface area contributed by atoms with Crippen LogP contribution in [0, 0.1) is 0 Å². The Morgan fingerprint density at radius 1 is 0.407 bits per heavy atom. The Balaban J connectivity index is 1.69. The van der Waals surface area contributed by atoms with E-state index in [-0.39, 0.29) is 25.6 Å². The summed E-state index contributed by atoms with van der Waals surface area (Å²) in [7, 11) is 0. The second kappa shape index (κ2) is 52.2. The van der Waals surface area contributed by atoms with E-state index in [0.29, 0.717) is 13.0 Å². The molecule has 2 rings (SSSR count). The van der Waals surface area contributed by atoms with Crippen LogP contribution in [0.15, 0.2) is 109 Å². The molecule has 0 bridgehead atoms. The van der Waals surface area contributed by atoms with Gasteiger partial charge in [0, 0.05) is 13.0 Å². The van der Waals surface area contributed by atoms with Gasteiger partial charge in [-0.1, -0.05) is 213 Å². The summed E-state index contributed by atoms with van der Waals surface area (Å²) in [6, 6.07) is 0. The highest BCUT2D eigenvalue weighted by Crippen LogP contribution is 2.27. The number of aliphatic hydroxyl groups is 7. The second-order valence-electron chi connectivity index (χ2n) is 21.5. The van der Waals surface area contributed by atoms with Crippen molar-refractivity contribution in [1.29, 1.82) is 0 Å². The van der Waals surface area contributed by atoms with Crippen molar-refractivity contribution in [1.82, 2.24) is 0 Å². The lowest BCUT2D eigenvalue weighted by Gasteiger charge is -2.42. The van der Waals surface area contributed by atoms with Crippen molar-refractivity contribution >= 4 is 5.97 Å². The highest BCUT2D eigenvalue weighted by atomic mass is 16.7. The number of carbonyl (C=O) groups is 1. The van der Waals surface area contributed by atoms with Crippen LogP contribution in [0.1, 0.15) is 206 Å². The summed E-state index contributed by atoms with van der Waals surface area (Å²) < 4.78 is 34.5. The van der Waals surface area contributed by atoms with Gasteiger partial charge in [0.1, 0.15) is 54.9 Å². The van der Waals surface area contributed by atoms with Gasteiger partial charge in [0.2, 0.25) is 0 Å². The van der Waals surface area contributed by atoms with Crippen molar-refractivity contribution in [2.24, 2.45) is 0 Å². The molecule has 0 saturated carbocycles. The Kier molecular flexibility index (Phi) is 47.5. The summed E-state index contributed by atoms with van der Waals surface area (Å²) in [5.41, 5.74) is 0. The van der Waals surface area contributed by atoms with Gasteiger partial charge in [0.15, 0.2) is 12.6 Å². The number of ether oxygens (including phenoxy) is 6. The Labute approximate surface area is 489 Å². The maximum atomic E-state index is 13.1. The standard InChI is InChI=1S/C67H112O14/c1-3-5-7-9-11-13-15-17-19-21-23-25-26-27-28-29-31-33-35-37-39-41-43-45-47-49-51-76-53-56(54-77-66-65(75)63(73)61(71)58(81-66)55-78-67-64(74)62(72)60(70)57(52-68)80-67)79-59(69)50-48-46-44-42-40-38-36-34-32-30-24-22-20-18-16-14-12-10-8-6-4-2/h5-8,11-14,17-20,23-25,27-28,30,56-58,60-68,70-75H,3-4,9-10,15-16,21-22,26,29,31-55H2,1-2H3/b7-5-,8-6-,13-11-,14-12-,19-17-,20-18-,25-23-,28-27-,30-24-. The molecule has 2 aliphatic rings. The maximum absolute atomic E-state index is 13.1. The lowest BCUT2D eigenvalue weighted by Crippen LogP contribution is -2.61. The van der Waals surface area contributed by atoms with Crippen molar-refractivity contribution in [3.8, 4) is 0 Å². The number of unbranched alkanes of at least 4 members (excludes halogenated alkanes) is 18. The van der Waals surface area contributed by atoms with Crippen molar-refractivity contribution in [3.63, 3.8) is 0 Å². The third-order valence-corrected chi connectivity index (χ3v) is 14.3. The van der Waals surface area contributed by atoms with Crippen molar-refractivity contribution < 1.29 is 69.0 Å². The van der Waals surface area contributed by atoms with Gasteiger partial charge in [0.05, 0.1) is 26.4 Å². The number of hydrogen-bond donors (Lipinski definition) is 7. The molecule has 0 radical (unpaired) electrons. The van der Waals surface area contributed by atoms with Gasteiger partial charge in [-0.25, -0.2) is 0 Å². The summed E-state index contributed by atoms with van der Waals surface area (Å²) in [4.78, 5) is 13.1. The molecule has 0 aromatic rings. The van der Waals surface area contributed by atoms with Crippen LogP contribution >= 0.6 is 0 Å². The quantitative estimate of drug-likeness (QED) is 0.0172. The zero-order valence-electron chi connectivity index (χ0n) is 50.0. The van der Waals surface area contributed by atoms with E-state index in [0.717, 1.165) is 109 Å². The van der Waals surface area contributed by atoms with Crippen LogP contribution in [0.4, 0.5) is 0 Å². The van der Waals surface area contributed by atoms with Crippen molar-refractivity contribution in [3.05, 3.63) is 109 Å². The number of carbonyl (C=O) groups excluding carboxylic acids is 1.